The van der Waals surface area contributed by atoms with Crippen molar-refractivity contribution in [3.63, 3.8) is 0 Å². The van der Waals surface area contributed by atoms with E-state index in [1.165, 1.54) is 23.5 Å². The second-order valence-corrected chi connectivity index (χ2v) is 6.22. The summed E-state index contributed by atoms with van der Waals surface area (Å²) in [6, 6.07) is 13.5. The Morgan fingerprint density at radius 1 is 1.20 bits per heavy atom. The number of carbonyl (C=O) groups is 1. The lowest BCUT2D eigenvalue weighted by molar-refractivity contribution is 0.0932. The van der Waals surface area contributed by atoms with Gasteiger partial charge in [0.15, 0.2) is 0 Å². The normalized spacial score (nSPS) is 11.8. The molecule has 128 valence electrons. The number of hydrogen-bond acceptors (Lipinski definition) is 4. The number of rotatable bonds is 6. The Morgan fingerprint density at radius 2 is 1.92 bits per heavy atom. The fraction of sp³-hybridized carbons (Fsp3) is 0.158. The molecule has 0 saturated heterocycles. The fourth-order valence-electron chi connectivity index (χ4n) is 2.50. The van der Waals surface area contributed by atoms with Gasteiger partial charge in [-0.1, -0.05) is 24.3 Å². The standard InChI is InChI=1S/C19H17FN2O2S/c1-24-16-8-4-14(5-9-16)17(10-13-2-6-15(20)7-3-13)22-19(23)18-11-25-12-21-18/h2-9,11-12,17H,10H2,1H3,(H,22,23). The van der Waals surface area contributed by atoms with Crippen molar-refractivity contribution in [2.45, 2.75) is 12.5 Å². The number of halogens is 1. The molecule has 1 aromatic heterocycles. The van der Waals surface area contributed by atoms with E-state index in [2.05, 4.69) is 10.3 Å². The molecule has 0 fully saturated rings. The highest BCUT2D eigenvalue weighted by Gasteiger charge is 2.18. The molecule has 0 aliphatic rings. The van der Waals surface area contributed by atoms with Crippen LogP contribution in [0.15, 0.2) is 59.4 Å². The third-order valence-electron chi connectivity index (χ3n) is 3.84. The Morgan fingerprint density at radius 3 is 2.52 bits per heavy atom. The van der Waals surface area contributed by atoms with Crippen molar-refractivity contribution in [1.29, 1.82) is 0 Å². The predicted molar refractivity (Wildman–Crippen MR) is 95.4 cm³/mol. The largest absolute Gasteiger partial charge is 0.497 e. The second-order valence-electron chi connectivity index (χ2n) is 5.50. The molecule has 0 saturated carbocycles. The van der Waals surface area contributed by atoms with Crippen LogP contribution in [-0.4, -0.2) is 18.0 Å². The summed E-state index contributed by atoms with van der Waals surface area (Å²) in [6.45, 7) is 0. The van der Waals surface area contributed by atoms with Crippen LogP contribution >= 0.6 is 11.3 Å². The van der Waals surface area contributed by atoms with Crippen LogP contribution in [0.2, 0.25) is 0 Å². The Bertz CT molecular complexity index is 818. The summed E-state index contributed by atoms with van der Waals surface area (Å²) in [6.07, 6.45) is 0.544. The second kappa shape index (κ2) is 7.90. The maximum absolute atomic E-state index is 13.1. The number of carbonyl (C=O) groups excluding carboxylic acids is 1. The quantitative estimate of drug-likeness (QED) is 0.726. The molecule has 1 N–H and O–H groups in total. The van der Waals surface area contributed by atoms with Crippen LogP contribution in [0.1, 0.15) is 27.7 Å². The lowest BCUT2D eigenvalue weighted by Crippen LogP contribution is -2.30. The van der Waals surface area contributed by atoms with E-state index >= 15 is 0 Å². The predicted octanol–water partition coefficient (Wildman–Crippen LogP) is 4.00. The van der Waals surface area contributed by atoms with Crippen molar-refractivity contribution < 1.29 is 13.9 Å². The van der Waals surface area contributed by atoms with Crippen molar-refractivity contribution in [3.05, 3.63) is 82.1 Å². The topological polar surface area (TPSA) is 51.2 Å². The van der Waals surface area contributed by atoms with Crippen molar-refractivity contribution in [3.8, 4) is 5.75 Å². The molecule has 0 radical (unpaired) electrons. The van der Waals surface area contributed by atoms with Crippen LogP contribution in [0.3, 0.4) is 0 Å². The van der Waals surface area contributed by atoms with Crippen LogP contribution in [0.4, 0.5) is 4.39 Å². The van der Waals surface area contributed by atoms with Gasteiger partial charge in [-0.25, -0.2) is 9.37 Å². The molecule has 0 aliphatic heterocycles. The van der Waals surface area contributed by atoms with Crippen molar-refractivity contribution in [1.82, 2.24) is 10.3 Å². The smallest absolute Gasteiger partial charge is 0.271 e. The van der Waals surface area contributed by atoms with E-state index in [4.69, 9.17) is 4.74 Å². The Kier molecular flexibility index (Phi) is 5.40. The van der Waals surface area contributed by atoms with Crippen LogP contribution < -0.4 is 10.1 Å². The number of amides is 1. The highest BCUT2D eigenvalue weighted by Crippen LogP contribution is 2.22. The van der Waals surface area contributed by atoms with Gasteiger partial charge >= 0.3 is 0 Å². The molecule has 0 bridgehead atoms. The Balaban J connectivity index is 1.83. The number of benzene rings is 2. The molecule has 1 amide bonds. The first kappa shape index (κ1) is 17.1. The summed E-state index contributed by atoms with van der Waals surface area (Å²) in [4.78, 5) is 16.5. The monoisotopic (exact) mass is 356 g/mol. The van der Waals surface area contributed by atoms with Gasteiger partial charge in [-0.3, -0.25) is 4.79 Å². The van der Waals surface area contributed by atoms with Gasteiger partial charge in [0.05, 0.1) is 18.7 Å². The van der Waals surface area contributed by atoms with Gasteiger partial charge in [0.25, 0.3) is 5.91 Å². The molecule has 1 atom stereocenters. The minimum atomic E-state index is -0.281. The van der Waals surface area contributed by atoms with E-state index < -0.39 is 0 Å². The summed E-state index contributed by atoms with van der Waals surface area (Å²) in [5, 5.41) is 4.71. The lowest BCUT2D eigenvalue weighted by atomic mass is 9.98. The molecule has 1 unspecified atom stereocenters. The Labute approximate surface area is 149 Å². The van der Waals surface area contributed by atoms with Crippen LogP contribution in [0, 0.1) is 5.82 Å². The SMILES string of the molecule is COc1ccc(C(Cc2ccc(F)cc2)NC(=O)c2cscn2)cc1. The molecule has 1 heterocycles. The van der Waals surface area contributed by atoms with E-state index in [-0.39, 0.29) is 17.8 Å². The molecule has 3 rings (SSSR count). The third kappa shape index (κ3) is 4.42. The first-order chi connectivity index (χ1) is 12.2. The van der Waals surface area contributed by atoms with Crippen LogP contribution in [-0.2, 0) is 6.42 Å². The van der Waals surface area contributed by atoms with E-state index in [9.17, 15) is 9.18 Å². The number of aromatic nitrogens is 1. The maximum Gasteiger partial charge on any atom is 0.271 e. The average molecular weight is 356 g/mol. The first-order valence-electron chi connectivity index (χ1n) is 7.73. The summed E-state index contributed by atoms with van der Waals surface area (Å²) < 4.78 is 18.3. The van der Waals surface area contributed by atoms with E-state index in [1.807, 2.05) is 24.3 Å². The van der Waals surface area contributed by atoms with Gasteiger partial charge in [-0.2, -0.15) is 0 Å². The average Bonchev–Trinajstić information content (AvgIpc) is 3.18. The maximum atomic E-state index is 13.1. The van der Waals surface area contributed by atoms with Gasteiger partial charge in [0, 0.05) is 5.38 Å². The molecule has 25 heavy (non-hydrogen) atoms. The molecule has 4 nitrogen and oxygen atoms in total. The van der Waals surface area contributed by atoms with Crippen molar-refractivity contribution in [2.24, 2.45) is 0 Å². The zero-order valence-electron chi connectivity index (χ0n) is 13.6. The van der Waals surface area contributed by atoms with Gasteiger partial charge in [-0.05, 0) is 41.8 Å². The molecule has 6 heteroatoms. The van der Waals surface area contributed by atoms with E-state index in [0.29, 0.717) is 12.1 Å². The number of nitrogens with zero attached hydrogens (tertiary/aromatic N) is 1. The first-order valence-corrected chi connectivity index (χ1v) is 8.67. The fourth-order valence-corrected chi connectivity index (χ4v) is 3.03. The Hall–Kier alpha value is -2.73. The highest BCUT2D eigenvalue weighted by atomic mass is 32.1. The minimum Gasteiger partial charge on any atom is -0.497 e. The minimum absolute atomic E-state index is 0.232. The number of hydrogen-bond donors (Lipinski definition) is 1. The highest BCUT2D eigenvalue weighted by molar-refractivity contribution is 7.07. The van der Waals surface area contributed by atoms with E-state index in [0.717, 1.165) is 16.9 Å². The zero-order valence-corrected chi connectivity index (χ0v) is 14.4. The lowest BCUT2D eigenvalue weighted by Gasteiger charge is -2.19. The summed E-state index contributed by atoms with van der Waals surface area (Å²) >= 11 is 1.37. The van der Waals surface area contributed by atoms with Gasteiger partial charge in [-0.15, -0.1) is 11.3 Å². The van der Waals surface area contributed by atoms with Gasteiger partial charge < -0.3 is 10.1 Å². The molecule has 0 spiro atoms. The number of nitrogens with one attached hydrogen (secondary N) is 1. The molecular formula is C19H17FN2O2S. The summed E-state index contributed by atoms with van der Waals surface area (Å²) in [5.41, 5.74) is 3.88. The van der Waals surface area contributed by atoms with E-state index in [1.54, 1.807) is 30.1 Å². The van der Waals surface area contributed by atoms with Crippen molar-refractivity contribution in [2.75, 3.05) is 7.11 Å². The van der Waals surface area contributed by atoms with Crippen LogP contribution in [0.25, 0.3) is 0 Å². The summed E-state index contributed by atoms with van der Waals surface area (Å²) in [5.74, 6) is 0.232. The zero-order chi connectivity index (χ0) is 17.6. The third-order valence-corrected chi connectivity index (χ3v) is 4.43. The number of methoxy groups -OCH3 is 1. The summed E-state index contributed by atoms with van der Waals surface area (Å²) in [7, 11) is 1.61. The van der Waals surface area contributed by atoms with Gasteiger partial charge in [0.2, 0.25) is 0 Å². The number of thiazole rings is 1. The molecular weight excluding hydrogens is 339 g/mol. The molecule has 3 aromatic rings. The van der Waals surface area contributed by atoms with Crippen molar-refractivity contribution >= 4 is 17.2 Å². The van der Waals surface area contributed by atoms with Gasteiger partial charge in [0.1, 0.15) is 17.3 Å². The molecule has 2 aromatic carbocycles. The number of ether oxygens (including phenoxy) is 1. The van der Waals surface area contributed by atoms with Crippen LogP contribution in [0.5, 0.6) is 5.75 Å². The molecule has 0 aliphatic carbocycles.